The number of fused-ring (bicyclic) bond motifs is 3. The topological polar surface area (TPSA) is 55.1 Å². The van der Waals surface area contributed by atoms with Crippen molar-refractivity contribution in [3.05, 3.63) is 255 Å². The molecule has 12 rings (SSSR count). The van der Waals surface area contributed by atoms with Crippen molar-refractivity contribution in [2.75, 3.05) is 4.90 Å². The third kappa shape index (κ3) is 7.88. The first-order valence-electron chi connectivity index (χ1n) is 22.8. The molecule has 0 saturated carbocycles. The van der Waals surface area contributed by atoms with Crippen molar-refractivity contribution < 1.29 is 4.42 Å². The van der Waals surface area contributed by atoms with Gasteiger partial charge in [-0.25, -0.2) is 15.0 Å². The predicted octanol–water partition coefficient (Wildman–Crippen LogP) is 16.9. The minimum atomic E-state index is 0.584. The molecule has 12 aromatic rings. The molecule has 0 atom stereocenters. The van der Waals surface area contributed by atoms with E-state index in [-0.39, 0.29) is 0 Å². The zero-order chi connectivity index (χ0) is 45.2. The van der Waals surface area contributed by atoms with E-state index in [1.807, 2.05) is 72.8 Å². The molecule has 2 heterocycles. The van der Waals surface area contributed by atoms with Crippen molar-refractivity contribution in [1.29, 1.82) is 0 Å². The Balaban J connectivity index is 1.09. The van der Waals surface area contributed by atoms with E-state index in [9.17, 15) is 0 Å². The SMILES string of the molecule is c1ccc(-c2ccc(N(c3ccc(-c4ccccc4)cc3)c3cc(-c4cc(-c5ccccc5)cc(-c5nc(-c6ccccc6)nc(-c6ccccc6)n5)c4)cc4oc5ccccc5c34)cc2)cc1. The number of para-hydroxylation sites is 1. The second kappa shape index (κ2) is 17.7. The Morgan fingerprint density at radius 2 is 0.618 bits per heavy atom. The molecule has 0 aliphatic rings. The molecule has 0 N–H and O–H groups in total. The van der Waals surface area contributed by atoms with Crippen molar-refractivity contribution >= 4 is 39.0 Å². The number of furan rings is 1. The van der Waals surface area contributed by atoms with Crippen molar-refractivity contribution in [2.24, 2.45) is 0 Å². The van der Waals surface area contributed by atoms with Gasteiger partial charge in [0.25, 0.3) is 0 Å². The van der Waals surface area contributed by atoms with Gasteiger partial charge in [-0.2, -0.15) is 0 Å². The van der Waals surface area contributed by atoms with Crippen molar-refractivity contribution in [2.45, 2.75) is 0 Å². The summed E-state index contributed by atoms with van der Waals surface area (Å²) < 4.78 is 6.83. The molecule has 0 spiro atoms. The quantitative estimate of drug-likeness (QED) is 0.137. The Kier molecular flexibility index (Phi) is 10.5. The summed E-state index contributed by atoms with van der Waals surface area (Å²) in [7, 11) is 0. The van der Waals surface area contributed by atoms with Gasteiger partial charge in [0.15, 0.2) is 17.5 Å². The molecule has 68 heavy (non-hydrogen) atoms. The fourth-order valence-electron chi connectivity index (χ4n) is 9.13. The minimum Gasteiger partial charge on any atom is -0.456 e. The van der Waals surface area contributed by atoms with Gasteiger partial charge in [0.05, 0.1) is 11.1 Å². The highest BCUT2D eigenvalue weighted by Crippen LogP contribution is 2.46. The molecule has 0 aliphatic heterocycles. The number of anilines is 3. The Morgan fingerprint density at radius 3 is 1.10 bits per heavy atom. The van der Waals surface area contributed by atoms with Gasteiger partial charge in [0.2, 0.25) is 0 Å². The highest BCUT2D eigenvalue weighted by molar-refractivity contribution is 6.15. The monoisotopic (exact) mass is 870 g/mol. The van der Waals surface area contributed by atoms with Crippen molar-refractivity contribution in [3.63, 3.8) is 0 Å². The summed E-state index contributed by atoms with van der Waals surface area (Å²) in [5.41, 5.74) is 16.1. The van der Waals surface area contributed by atoms with E-state index in [2.05, 4.69) is 187 Å². The van der Waals surface area contributed by atoms with Gasteiger partial charge in [-0.3, -0.25) is 0 Å². The van der Waals surface area contributed by atoms with Crippen LogP contribution in [-0.2, 0) is 0 Å². The van der Waals surface area contributed by atoms with Crippen LogP contribution in [0, 0.1) is 0 Å². The lowest BCUT2D eigenvalue weighted by molar-refractivity contribution is 0.669. The number of nitrogens with zero attached hydrogens (tertiary/aromatic N) is 4. The zero-order valence-electron chi connectivity index (χ0n) is 36.9. The third-order valence-corrected chi connectivity index (χ3v) is 12.5. The largest absolute Gasteiger partial charge is 0.456 e. The average molecular weight is 871 g/mol. The summed E-state index contributed by atoms with van der Waals surface area (Å²) in [5.74, 6) is 1.80. The molecule has 0 aliphatic carbocycles. The zero-order valence-corrected chi connectivity index (χ0v) is 36.9. The number of hydrogen-bond acceptors (Lipinski definition) is 5. The van der Waals surface area contributed by atoms with Crippen LogP contribution in [0.3, 0.4) is 0 Å². The summed E-state index contributed by atoms with van der Waals surface area (Å²) in [5, 5.41) is 2.07. The molecule has 10 aromatic carbocycles. The first-order chi connectivity index (χ1) is 33.7. The van der Waals surface area contributed by atoms with E-state index in [0.717, 1.165) is 89.1 Å². The molecular formula is C63H42N4O. The van der Waals surface area contributed by atoms with E-state index in [4.69, 9.17) is 19.4 Å². The van der Waals surface area contributed by atoms with Gasteiger partial charge >= 0.3 is 0 Å². The van der Waals surface area contributed by atoms with E-state index < -0.39 is 0 Å². The van der Waals surface area contributed by atoms with Gasteiger partial charge in [0, 0.05) is 33.5 Å². The Morgan fingerprint density at radius 1 is 0.265 bits per heavy atom. The first kappa shape index (κ1) is 40.3. The van der Waals surface area contributed by atoms with Gasteiger partial charge < -0.3 is 9.32 Å². The summed E-state index contributed by atoms with van der Waals surface area (Å²) in [6, 6.07) is 89.0. The van der Waals surface area contributed by atoms with Gasteiger partial charge in [0.1, 0.15) is 11.2 Å². The molecule has 0 unspecified atom stereocenters. The summed E-state index contributed by atoms with van der Waals surface area (Å²) in [6.45, 7) is 0. The molecule has 5 nitrogen and oxygen atoms in total. The highest BCUT2D eigenvalue weighted by Gasteiger charge is 2.23. The molecule has 0 saturated heterocycles. The molecule has 0 fully saturated rings. The van der Waals surface area contributed by atoms with E-state index >= 15 is 0 Å². The maximum atomic E-state index is 6.83. The van der Waals surface area contributed by atoms with Gasteiger partial charge in [-0.1, -0.05) is 194 Å². The smallest absolute Gasteiger partial charge is 0.164 e. The van der Waals surface area contributed by atoms with E-state index in [1.165, 1.54) is 11.1 Å². The third-order valence-electron chi connectivity index (χ3n) is 12.5. The normalized spacial score (nSPS) is 11.2. The van der Waals surface area contributed by atoms with Crippen molar-refractivity contribution in [1.82, 2.24) is 15.0 Å². The lowest BCUT2D eigenvalue weighted by atomic mass is 9.94. The summed E-state index contributed by atoms with van der Waals surface area (Å²) in [4.78, 5) is 17.7. The Hall–Kier alpha value is -9.19. The fraction of sp³-hybridized carbons (Fsp3) is 0. The maximum absolute atomic E-state index is 6.83. The number of hydrogen-bond donors (Lipinski definition) is 0. The first-order valence-corrected chi connectivity index (χ1v) is 22.8. The van der Waals surface area contributed by atoms with E-state index in [1.54, 1.807) is 0 Å². The van der Waals surface area contributed by atoms with Gasteiger partial charge in [-0.05, 0) is 105 Å². The van der Waals surface area contributed by atoms with Gasteiger partial charge in [-0.15, -0.1) is 0 Å². The lowest BCUT2D eigenvalue weighted by Gasteiger charge is -2.27. The van der Waals surface area contributed by atoms with Crippen LogP contribution >= 0.6 is 0 Å². The Labute approximate surface area is 395 Å². The highest BCUT2D eigenvalue weighted by atomic mass is 16.3. The maximum Gasteiger partial charge on any atom is 0.164 e. The van der Waals surface area contributed by atoms with Crippen LogP contribution in [0.5, 0.6) is 0 Å². The predicted molar refractivity (Wildman–Crippen MR) is 280 cm³/mol. The van der Waals surface area contributed by atoms with Crippen LogP contribution in [0.15, 0.2) is 259 Å². The average Bonchev–Trinajstić information content (AvgIpc) is 3.81. The molecule has 0 radical (unpaired) electrons. The van der Waals surface area contributed by atoms with Crippen molar-refractivity contribution in [3.8, 4) is 78.7 Å². The minimum absolute atomic E-state index is 0.584. The molecule has 5 heteroatoms. The van der Waals surface area contributed by atoms with Crippen LogP contribution in [-0.4, -0.2) is 15.0 Å². The number of rotatable bonds is 10. The molecule has 2 aromatic heterocycles. The van der Waals surface area contributed by atoms with E-state index in [0.29, 0.717) is 17.5 Å². The molecule has 320 valence electrons. The number of aromatic nitrogens is 3. The standard InChI is InChI=1S/C63H42N4O/c1-6-18-43(19-7-1)46-30-34-54(35-31-46)67(55-36-32-47(33-37-55)44-20-8-2-9-21-44)57-41-52(42-59-60(57)56-28-16-17-29-58(56)68-59)51-38-50(45-22-10-3-11-23-45)39-53(40-51)63-65-61(48-24-12-4-13-25-48)64-62(66-63)49-26-14-5-15-27-49/h1-42H. The Bertz CT molecular complexity index is 3550. The van der Waals surface area contributed by atoms with Crippen LogP contribution in [0.1, 0.15) is 0 Å². The number of benzene rings is 10. The molecule has 0 bridgehead atoms. The van der Waals surface area contributed by atoms with Crippen LogP contribution in [0.4, 0.5) is 17.1 Å². The fourth-order valence-corrected chi connectivity index (χ4v) is 9.13. The van der Waals surface area contributed by atoms with Crippen LogP contribution in [0.2, 0.25) is 0 Å². The van der Waals surface area contributed by atoms with Crippen LogP contribution in [0.25, 0.3) is 101 Å². The molecule has 0 amide bonds. The summed E-state index contributed by atoms with van der Waals surface area (Å²) in [6.07, 6.45) is 0. The van der Waals surface area contributed by atoms with Crippen LogP contribution < -0.4 is 4.90 Å². The second-order valence-electron chi connectivity index (χ2n) is 16.8. The summed E-state index contributed by atoms with van der Waals surface area (Å²) >= 11 is 0. The lowest BCUT2D eigenvalue weighted by Crippen LogP contribution is -2.10. The second-order valence-corrected chi connectivity index (χ2v) is 16.8. The molecular weight excluding hydrogens is 829 g/mol.